The van der Waals surface area contributed by atoms with Crippen molar-refractivity contribution in [2.75, 3.05) is 32.1 Å². The van der Waals surface area contributed by atoms with E-state index in [0.29, 0.717) is 18.3 Å². The average molecular weight is 395 g/mol. The van der Waals surface area contributed by atoms with Gasteiger partial charge in [-0.25, -0.2) is 24.3 Å². The van der Waals surface area contributed by atoms with Crippen molar-refractivity contribution in [3.05, 3.63) is 53.1 Å². The van der Waals surface area contributed by atoms with Crippen LogP contribution in [0.5, 0.6) is 0 Å². The Bertz CT molecular complexity index is 974. The van der Waals surface area contributed by atoms with Crippen LogP contribution >= 0.6 is 0 Å². The highest BCUT2D eigenvalue weighted by molar-refractivity contribution is 5.26. The van der Waals surface area contributed by atoms with Gasteiger partial charge in [-0.1, -0.05) is 0 Å². The van der Waals surface area contributed by atoms with E-state index in [-0.39, 0.29) is 5.56 Å². The first-order valence-electron chi connectivity index (χ1n) is 9.72. The van der Waals surface area contributed by atoms with E-state index in [1.807, 2.05) is 31.4 Å². The number of nitrogens with zero attached hydrogens (tertiary/aromatic N) is 9. The summed E-state index contributed by atoms with van der Waals surface area (Å²) in [6.45, 7) is 3.44. The summed E-state index contributed by atoms with van der Waals surface area (Å²) in [6, 6.07) is 3.20. The lowest BCUT2D eigenvalue weighted by Crippen LogP contribution is -2.36. The molecule has 4 rings (SSSR count). The zero-order valence-electron chi connectivity index (χ0n) is 16.7. The number of likely N-dealkylation sites (tertiary alicyclic amines) is 1. The molecule has 10 nitrogen and oxygen atoms in total. The molecule has 152 valence electrons. The van der Waals surface area contributed by atoms with Crippen LogP contribution < -0.4 is 10.5 Å². The lowest BCUT2D eigenvalue weighted by molar-refractivity contribution is 0.163. The quantitative estimate of drug-likeness (QED) is 0.598. The van der Waals surface area contributed by atoms with Gasteiger partial charge >= 0.3 is 0 Å². The average Bonchev–Trinajstić information content (AvgIpc) is 3.26. The van der Waals surface area contributed by atoms with Gasteiger partial charge in [0.15, 0.2) is 5.82 Å². The Morgan fingerprint density at radius 3 is 2.55 bits per heavy atom. The molecule has 0 radical (unpaired) electrons. The second-order valence-corrected chi connectivity index (χ2v) is 7.56. The van der Waals surface area contributed by atoms with Gasteiger partial charge in [0.1, 0.15) is 12.7 Å². The lowest BCUT2D eigenvalue weighted by Gasteiger charge is -2.31. The van der Waals surface area contributed by atoms with Gasteiger partial charge in [0, 0.05) is 51.2 Å². The van der Waals surface area contributed by atoms with Gasteiger partial charge in [0.05, 0.1) is 0 Å². The monoisotopic (exact) mass is 395 g/mol. The molecule has 0 spiro atoms. The van der Waals surface area contributed by atoms with Crippen LogP contribution in [0, 0.1) is 5.92 Å². The maximum Gasteiger partial charge on any atom is 0.266 e. The van der Waals surface area contributed by atoms with Crippen LogP contribution in [0.4, 0.5) is 5.95 Å². The fourth-order valence-electron chi connectivity index (χ4n) is 3.51. The standard InChI is InChI=1S/C19H25N9O/c1-25(2)19-21-9-16(10-22-19)11-26-7-5-15(6-8-26)12-27-18(29)4-3-17(24-27)28-14-20-13-23-28/h3-4,9-10,13-15H,5-8,11-12H2,1-2H3. The number of hydrogen-bond donors (Lipinski definition) is 0. The fraction of sp³-hybridized carbons (Fsp3) is 0.474. The van der Waals surface area contributed by atoms with Gasteiger partial charge < -0.3 is 4.90 Å². The van der Waals surface area contributed by atoms with Crippen LogP contribution in [0.2, 0.25) is 0 Å². The van der Waals surface area contributed by atoms with Crippen LogP contribution in [0.25, 0.3) is 5.82 Å². The molecule has 3 aromatic heterocycles. The molecule has 0 amide bonds. The molecule has 29 heavy (non-hydrogen) atoms. The topological polar surface area (TPSA) is 97.9 Å². The third kappa shape index (κ3) is 4.65. The van der Waals surface area contributed by atoms with E-state index in [4.69, 9.17) is 0 Å². The first-order valence-corrected chi connectivity index (χ1v) is 9.72. The molecule has 0 N–H and O–H groups in total. The highest BCUT2D eigenvalue weighted by atomic mass is 16.1. The molecular weight excluding hydrogens is 370 g/mol. The van der Waals surface area contributed by atoms with Crippen molar-refractivity contribution in [2.45, 2.75) is 25.9 Å². The van der Waals surface area contributed by atoms with Crippen LogP contribution in [0.3, 0.4) is 0 Å². The van der Waals surface area contributed by atoms with E-state index < -0.39 is 0 Å². The number of piperidine rings is 1. The van der Waals surface area contributed by atoms with Crippen molar-refractivity contribution in [3.8, 4) is 5.82 Å². The highest BCUT2D eigenvalue weighted by Crippen LogP contribution is 2.20. The molecule has 0 aromatic carbocycles. The second kappa shape index (κ2) is 8.48. The molecular formula is C19H25N9O. The maximum atomic E-state index is 12.2. The van der Waals surface area contributed by atoms with E-state index >= 15 is 0 Å². The van der Waals surface area contributed by atoms with Crippen LogP contribution in [0.1, 0.15) is 18.4 Å². The summed E-state index contributed by atoms with van der Waals surface area (Å²) in [5.41, 5.74) is 1.03. The van der Waals surface area contributed by atoms with Crippen molar-refractivity contribution in [3.63, 3.8) is 0 Å². The van der Waals surface area contributed by atoms with Gasteiger partial charge in [-0.2, -0.15) is 5.10 Å². The van der Waals surface area contributed by atoms with Crippen LogP contribution in [-0.4, -0.2) is 66.6 Å². The van der Waals surface area contributed by atoms with Crippen molar-refractivity contribution >= 4 is 5.95 Å². The molecule has 1 aliphatic rings. The second-order valence-electron chi connectivity index (χ2n) is 7.56. The zero-order chi connectivity index (χ0) is 20.2. The molecule has 0 unspecified atom stereocenters. The third-order valence-electron chi connectivity index (χ3n) is 5.14. The molecule has 1 saturated heterocycles. The molecule has 4 heterocycles. The number of hydrogen-bond acceptors (Lipinski definition) is 8. The predicted octanol–water partition coefficient (Wildman–Crippen LogP) is 0.592. The van der Waals surface area contributed by atoms with E-state index in [1.165, 1.54) is 12.4 Å². The van der Waals surface area contributed by atoms with Gasteiger partial charge in [0.2, 0.25) is 5.95 Å². The van der Waals surface area contributed by atoms with Crippen LogP contribution in [0.15, 0.2) is 42.0 Å². The van der Waals surface area contributed by atoms with E-state index in [1.54, 1.807) is 21.8 Å². The predicted molar refractivity (Wildman–Crippen MR) is 108 cm³/mol. The molecule has 0 saturated carbocycles. The Kier molecular flexibility index (Phi) is 5.61. The van der Waals surface area contributed by atoms with Gasteiger partial charge in [-0.05, 0) is 37.9 Å². The van der Waals surface area contributed by atoms with Gasteiger partial charge in [-0.15, -0.1) is 5.10 Å². The Hall–Kier alpha value is -3.14. The highest BCUT2D eigenvalue weighted by Gasteiger charge is 2.21. The minimum Gasteiger partial charge on any atom is -0.347 e. The summed E-state index contributed by atoms with van der Waals surface area (Å²) in [5.74, 6) is 1.74. The SMILES string of the molecule is CN(C)c1ncc(CN2CCC(Cn3nc(-n4cncn4)ccc3=O)CC2)cn1. The number of aromatic nitrogens is 7. The molecule has 10 heteroatoms. The minimum absolute atomic E-state index is 0.0885. The normalized spacial score (nSPS) is 15.5. The zero-order valence-corrected chi connectivity index (χ0v) is 16.7. The molecule has 3 aromatic rings. The van der Waals surface area contributed by atoms with Gasteiger partial charge in [0.25, 0.3) is 5.56 Å². The molecule has 0 atom stereocenters. The van der Waals surface area contributed by atoms with E-state index in [2.05, 4.69) is 30.0 Å². The molecule has 1 fully saturated rings. The number of anilines is 1. The van der Waals surface area contributed by atoms with Crippen molar-refractivity contribution in [2.24, 2.45) is 5.92 Å². The summed E-state index contributed by atoms with van der Waals surface area (Å²) in [5, 5.41) is 8.53. The largest absolute Gasteiger partial charge is 0.347 e. The summed E-state index contributed by atoms with van der Waals surface area (Å²) < 4.78 is 3.10. The van der Waals surface area contributed by atoms with Crippen LogP contribution in [-0.2, 0) is 13.1 Å². The Morgan fingerprint density at radius 2 is 1.90 bits per heavy atom. The summed E-state index contributed by atoms with van der Waals surface area (Å²) in [7, 11) is 3.86. The lowest BCUT2D eigenvalue weighted by atomic mass is 9.96. The van der Waals surface area contributed by atoms with Crippen molar-refractivity contribution in [1.29, 1.82) is 0 Å². The minimum atomic E-state index is -0.0885. The van der Waals surface area contributed by atoms with Crippen molar-refractivity contribution < 1.29 is 0 Å². The van der Waals surface area contributed by atoms with Crippen molar-refractivity contribution in [1.82, 2.24) is 39.4 Å². The maximum absolute atomic E-state index is 12.2. The van der Waals surface area contributed by atoms with E-state index in [0.717, 1.165) is 44.0 Å². The third-order valence-corrected chi connectivity index (χ3v) is 5.14. The summed E-state index contributed by atoms with van der Waals surface area (Å²) in [6.07, 6.45) is 8.87. The smallest absolute Gasteiger partial charge is 0.266 e. The molecule has 0 bridgehead atoms. The Morgan fingerprint density at radius 1 is 1.14 bits per heavy atom. The summed E-state index contributed by atoms with van der Waals surface area (Å²) >= 11 is 0. The Balaban J connectivity index is 1.33. The van der Waals surface area contributed by atoms with Gasteiger partial charge in [-0.3, -0.25) is 9.69 Å². The first-order chi connectivity index (χ1) is 14.1. The molecule has 0 aliphatic carbocycles. The fourth-order valence-corrected chi connectivity index (χ4v) is 3.51. The summed E-state index contributed by atoms with van der Waals surface area (Å²) in [4.78, 5) is 29.2. The number of rotatable bonds is 6. The Labute approximate surface area is 168 Å². The molecule has 1 aliphatic heterocycles. The first kappa shape index (κ1) is 19.2. The van der Waals surface area contributed by atoms with E-state index in [9.17, 15) is 4.79 Å².